The molecule has 0 aromatic heterocycles. The van der Waals surface area contributed by atoms with Gasteiger partial charge in [0.05, 0.1) is 0 Å². The van der Waals surface area contributed by atoms with Crippen LogP contribution in [0.3, 0.4) is 0 Å². The van der Waals surface area contributed by atoms with Crippen molar-refractivity contribution in [2.45, 2.75) is 0 Å². The van der Waals surface area contributed by atoms with Crippen molar-refractivity contribution in [3.8, 4) is 0 Å². The minimum Gasteiger partial charge on any atom is -0.0843 e. The fraction of sp³-hybridized carbons (Fsp3) is 0. The number of hydrogen-bond acceptors (Lipinski definition) is 0. The van der Waals surface area contributed by atoms with E-state index >= 15 is 0 Å². The summed E-state index contributed by atoms with van der Waals surface area (Å²) >= 11 is 23.7. The van der Waals surface area contributed by atoms with Crippen LogP contribution >= 0.6 is 46.4 Å². The Hall–Kier alpha value is -0.660. The molecule has 0 aliphatic carbocycles. The van der Waals surface area contributed by atoms with Crippen LogP contribution in [0.15, 0.2) is 53.0 Å². The van der Waals surface area contributed by atoms with Crippen molar-refractivity contribution >= 4 is 52.0 Å². The summed E-state index contributed by atoms with van der Waals surface area (Å²) in [4.78, 5) is 0. The Labute approximate surface area is 126 Å². The fourth-order valence-corrected chi connectivity index (χ4v) is 2.31. The molecule has 4 heteroatoms. The highest BCUT2D eigenvalue weighted by atomic mass is 35.5. The number of rotatable bonds is 2. The van der Waals surface area contributed by atoms with E-state index in [4.69, 9.17) is 46.4 Å². The van der Waals surface area contributed by atoms with Crippen molar-refractivity contribution in [3.63, 3.8) is 0 Å². The molecule has 0 atom stereocenters. The van der Waals surface area contributed by atoms with Gasteiger partial charge < -0.3 is 0 Å². The Morgan fingerprint density at radius 3 is 1.22 bits per heavy atom. The van der Waals surface area contributed by atoms with E-state index in [1.807, 2.05) is 24.3 Å². The van der Waals surface area contributed by atoms with Gasteiger partial charge in [-0.2, -0.15) is 0 Å². The highest BCUT2D eigenvalue weighted by Gasteiger charge is 2.09. The van der Waals surface area contributed by atoms with Gasteiger partial charge in [-0.25, -0.2) is 0 Å². The second-order valence-electron chi connectivity index (χ2n) is 3.65. The molecule has 0 saturated heterocycles. The van der Waals surface area contributed by atoms with E-state index in [9.17, 15) is 0 Å². The summed E-state index contributed by atoms with van der Waals surface area (Å²) in [5.41, 5.74) is 2.56. The molecule has 0 unspecified atom stereocenters. The molecule has 0 amide bonds. The standard InChI is InChI=1S/C14H8Cl4/c15-11-5-1-9(2-6-11)13(14(17)18)10-3-7-12(16)8-4-10/h1-8H/i1+1,2+1,3+1,4+1,5+1,6+1,7+1,8+1,9+1,10+1,11+1,12+1,13+1,14+1. The summed E-state index contributed by atoms with van der Waals surface area (Å²) < 4.78 is 0.208. The van der Waals surface area contributed by atoms with Crippen LogP contribution in [-0.4, -0.2) is 0 Å². The lowest BCUT2D eigenvalue weighted by molar-refractivity contribution is 1.55. The summed E-state index contributed by atoms with van der Waals surface area (Å²) in [5.74, 6) is 0. The summed E-state index contributed by atoms with van der Waals surface area (Å²) in [6.07, 6.45) is 0. The topological polar surface area (TPSA) is 0 Å². The van der Waals surface area contributed by atoms with Crippen molar-refractivity contribution in [2.24, 2.45) is 0 Å². The van der Waals surface area contributed by atoms with Gasteiger partial charge >= 0.3 is 0 Å². The van der Waals surface area contributed by atoms with Gasteiger partial charge in [-0.05, 0) is 35.4 Å². The smallest absolute Gasteiger partial charge is 0.0843 e. The van der Waals surface area contributed by atoms with Gasteiger partial charge in [0.25, 0.3) is 0 Å². The van der Waals surface area contributed by atoms with Gasteiger partial charge in [0.1, 0.15) is 4.49 Å². The van der Waals surface area contributed by atoms with Crippen LogP contribution in [0.2, 0.25) is 10.0 Å². The summed E-state index contributed by atoms with van der Waals surface area (Å²) in [6, 6.07) is 14.7. The maximum atomic E-state index is 5.97. The quantitative estimate of drug-likeness (QED) is 0.576. The maximum absolute atomic E-state index is 5.97. The van der Waals surface area contributed by atoms with E-state index < -0.39 is 0 Å². The predicted molar refractivity (Wildman–Crippen MR) is 80.6 cm³/mol. The van der Waals surface area contributed by atoms with E-state index in [0.717, 1.165) is 16.7 Å². The molecule has 0 saturated carbocycles. The first-order chi connectivity index (χ1) is 8.58. The number of halogens is 4. The van der Waals surface area contributed by atoms with Crippen molar-refractivity contribution < 1.29 is 0 Å². The van der Waals surface area contributed by atoms with Crippen LogP contribution < -0.4 is 0 Å². The van der Waals surface area contributed by atoms with Crippen LogP contribution in [0.5, 0.6) is 0 Å². The summed E-state index contributed by atoms with van der Waals surface area (Å²) in [6.45, 7) is 0. The average Bonchev–Trinajstić information content (AvgIpc) is 2.34. The third-order valence-corrected chi connectivity index (χ3v) is 3.34. The van der Waals surface area contributed by atoms with Crippen molar-refractivity contribution in [1.29, 1.82) is 0 Å². The number of hydrogen-bond donors (Lipinski definition) is 0. The van der Waals surface area contributed by atoms with E-state index in [1.165, 1.54) is 0 Å². The summed E-state index contributed by atoms with van der Waals surface area (Å²) in [5, 5.41) is 1.33. The van der Waals surface area contributed by atoms with E-state index in [0.29, 0.717) is 10.0 Å². The minimum atomic E-state index is 0.208. The van der Waals surface area contributed by atoms with Crippen LogP contribution in [0.25, 0.3) is 5.57 Å². The first-order valence-electron chi connectivity index (χ1n) is 5.15. The molecule has 2 aromatic carbocycles. The van der Waals surface area contributed by atoms with Gasteiger partial charge in [-0.1, -0.05) is 70.7 Å². The van der Waals surface area contributed by atoms with Gasteiger partial charge in [0, 0.05) is 15.6 Å². The van der Waals surface area contributed by atoms with Crippen LogP contribution in [-0.2, 0) is 0 Å². The summed E-state index contributed by atoms with van der Waals surface area (Å²) in [7, 11) is 0. The molecule has 0 aliphatic heterocycles. The third kappa shape index (κ3) is 3.21. The monoisotopic (exact) mass is 330 g/mol. The molecular formula is C14H8Cl4. The second-order valence-corrected chi connectivity index (χ2v) is 5.47. The van der Waals surface area contributed by atoms with E-state index in [2.05, 4.69) is 0 Å². The molecule has 0 fully saturated rings. The SMILES string of the molecule is Cl[13C](Cl)=[13C]([13c]1[13cH][13cH][13c](Cl)[13cH][13cH]1)[13c]1[13cH][13cH][13c](Cl)[13cH][13cH]1. The first-order valence-corrected chi connectivity index (χ1v) is 6.66. The molecule has 2 aromatic rings. The molecule has 92 valence electrons. The van der Waals surface area contributed by atoms with Crippen molar-refractivity contribution in [3.05, 3.63) is 74.2 Å². The Balaban J connectivity index is 2.51. The second kappa shape index (κ2) is 5.99. The average molecular weight is 332 g/mol. The highest BCUT2D eigenvalue weighted by molar-refractivity contribution is 6.59. The zero-order valence-corrected chi connectivity index (χ0v) is 12.2. The van der Waals surface area contributed by atoms with E-state index in [-0.39, 0.29) is 4.49 Å². The maximum Gasteiger partial charge on any atom is 0.115 e. The van der Waals surface area contributed by atoms with Crippen LogP contribution in [0, 0.1) is 0 Å². The molecule has 0 bridgehead atoms. The lowest BCUT2D eigenvalue weighted by atomic mass is 11.0. The van der Waals surface area contributed by atoms with Gasteiger partial charge in [0.15, 0.2) is 0 Å². The molecular weight excluding hydrogens is 324 g/mol. The molecule has 2 rings (SSSR count). The van der Waals surface area contributed by atoms with Crippen LogP contribution in [0.4, 0.5) is 0 Å². The largest absolute Gasteiger partial charge is 0.115 e. The third-order valence-electron chi connectivity index (χ3n) is 2.45. The Morgan fingerprint density at radius 1 is 0.611 bits per heavy atom. The van der Waals surface area contributed by atoms with Crippen LogP contribution in [0.1, 0.15) is 11.1 Å². The molecule has 0 heterocycles. The van der Waals surface area contributed by atoms with Gasteiger partial charge in [0.2, 0.25) is 0 Å². The molecule has 0 nitrogen and oxygen atoms in total. The zero-order valence-electron chi connectivity index (χ0n) is 9.13. The zero-order chi connectivity index (χ0) is 13.1. The lowest BCUT2D eigenvalue weighted by Crippen LogP contribution is -1.88. The van der Waals surface area contributed by atoms with Crippen molar-refractivity contribution in [2.75, 3.05) is 0 Å². The van der Waals surface area contributed by atoms with E-state index in [1.54, 1.807) is 24.3 Å². The predicted octanol–water partition coefficient (Wildman–Crippen LogP) is 6.19. The molecule has 0 aliphatic rings. The number of benzene rings is 2. The van der Waals surface area contributed by atoms with Gasteiger partial charge in [-0.3, -0.25) is 0 Å². The van der Waals surface area contributed by atoms with Crippen molar-refractivity contribution in [1.82, 2.24) is 0 Å². The minimum absolute atomic E-state index is 0.208. The Bertz CT molecular complexity index is 516. The highest BCUT2D eigenvalue weighted by Crippen LogP contribution is 2.32. The molecule has 0 radical (unpaired) electrons. The Morgan fingerprint density at radius 2 is 0.944 bits per heavy atom. The Kier molecular flexibility index (Phi) is 4.58. The normalized spacial score (nSPS) is 10.2. The van der Waals surface area contributed by atoms with Gasteiger partial charge in [-0.15, -0.1) is 0 Å². The first kappa shape index (κ1) is 13.8. The lowest BCUT2D eigenvalue weighted by Gasteiger charge is -2.09. The molecule has 18 heavy (non-hydrogen) atoms. The fourth-order valence-electron chi connectivity index (χ4n) is 1.62. The molecule has 0 N–H and O–H groups in total. The molecule has 0 spiro atoms.